The molecular formula is C19H24N4O3S. The Kier molecular flexibility index (Phi) is 5.01. The van der Waals surface area contributed by atoms with Gasteiger partial charge in [0.2, 0.25) is 0 Å². The predicted molar refractivity (Wildman–Crippen MR) is 106 cm³/mol. The maximum absolute atomic E-state index is 12.6. The van der Waals surface area contributed by atoms with Crippen molar-refractivity contribution in [3.63, 3.8) is 0 Å². The predicted octanol–water partition coefficient (Wildman–Crippen LogP) is 2.01. The molecule has 8 heteroatoms. The van der Waals surface area contributed by atoms with Gasteiger partial charge in [-0.15, -0.1) is 0 Å². The summed E-state index contributed by atoms with van der Waals surface area (Å²) in [7, 11) is -2.87. The van der Waals surface area contributed by atoms with Gasteiger partial charge in [0.25, 0.3) is 0 Å². The molecule has 2 aliphatic heterocycles. The molecule has 0 aliphatic carbocycles. The smallest absolute Gasteiger partial charge is 0.321 e. The molecule has 1 aromatic heterocycles. The van der Waals surface area contributed by atoms with Crippen molar-refractivity contribution >= 4 is 32.5 Å². The van der Waals surface area contributed by atoms with Gasteiger partial charge in [-0.25, -0.2) is 13.2 Å². The van der Waals surface area contributed by atoms with Crippen LogP contribution in [0.25, 0.3) is 10.9 Å². The van der Waals surface area contributed by atoms with Crippen LogP contribution in [0.2, 0.25) is 0 Å². The number of aromatic nitrogens is 1. The first-order valence-electron chi connectivity index (χ1n) is 9.36. The zero-order valence-corrected chi connectivity index (χ0v) is 15.9. The fraction of sp³-hybridized carbons (Fsp3) is 0.474. The number of piperidine rings is 1. The van der Waals surface area contributed by atoms with Gasteiger partial charge in [0.05, 0.1) is 22.7 Å². The third-order valence-electron chi connectivity index (χ3n) is 5.36. The van der Waals surface area contributed by atoms with E-state index in [9.17, 15) is 13.2 Å². The summed E-state index contributed by atoms with van der Waals surface area (Å²) in [5.74, 6) is 0.521. The highest BCUT2D eigenvalue weighted by molar-refractivity contribution is 7.91. The molecular weight excluding hydrogens is 364 g/mol. The maximum atomic E-state index is 12.6. The largest absolute Gasteiger partial charge is 0.324 e. The Morgan fingerprint density at radius 3 is 2.59 bits per heavy atom. The third-order valence-corrected chi connectivity index (χ3v) is 7.13. The number of sulfone groups is 1. The number of likely N-dealkylation sites (tertiary alicyclic amines) is 1. The fourth-order valence-electron chi connectivity index (χ4n) is 3.91. The summed E-state index contributed by atoms with van der Waals surface area (Å²) in [4.78, 5) is 18.8. The first-order chi connectivity index (χ1) is 13.0. The zero-order chi connectivity index (χ0) is 18.9. The average Bonchev–Trinajstić information content (AvgIpc) is 3.01. The van der Waals surface area contributed by atoms with Crippen molar-refractivity contribution in [1.82, 2.24) is 15.2 Å². The van der Waals surface area contributed by atoms with Crippen molar-refractivity contribution < 1.29 is 13.2 Å². The van der Waals surface area contributed by atoms with E-state index in [0.717, 1.165) is 29.4 Å². The lowest BCUT2D eigenvalue weighted by Crippen LogP contribution is -2.49. The van der Waals surface area contributed by atoms with E-state index < -0.39 is 9.84 Å². The number of benzene rings is 1. The molecule has 3 heterocycles. The van der Waals surface area contributed by atoms with Crippen LogP contribution >= 0.6 is 0 Å². The van der Waals surface area contributed by atoms with E-state index in [0.29, 0.717) is 19.5 Å². The van der Waals surface area contributed by atoms with Gasteiger partial charge in [-0.3, -0.25) is 4.98 Å². The number of hydrogen-bond donors (Lipinski definition) is 2. The van der Waals surface area contributed by atoms with Crippen LogP contribution < -0.4 is 10.6 Å². The molecule has 2 aromatic rings. The minimum atomic E-state index is -2.87. The molecule has 2 amide bonds. The third kappa shape index (κ3) is 4.22. The van der Waals surface area contributed by atoms with Gasteiger partial charge in [-0.1, -0.05) is 18.2 Å². The molecule has 27 heavy (non-hydrogen) atoms. The van der Waals surface area contributed by atoms with Gasteiger partial charge < -0.3 is 15.5 Å². The molecule has 144 valence electrons. The van der Waals surface area contributed by atoms with Gasteiger partial charge >= 0.3 is 6.03 Å². The van der Waals surface area contributed by atoms with E-state index in [4.69, 9.17) is 0 Å². The van der Waals surface area contributed by atoms with Crippen molar-refractivity contribution in [1.29, 1.82) is 0 Å². The summed E-state index contributed by atoms with van der Waals surface area (Å²) in [6.45, 7) is 1.31. The summed E-state index contributed by atoms with van der Waals surface area (Å²) in [5.41, 5.74) is 1.50. The zero-order valence-electron chi connectivity index (χ0n) is 15.1. The minimum absolute atomic E-state index is 0.0575. The van der Waals surface area contributed by atoms with Gasteiger partial charge in [0.1, 0.15) is 0 Å². The summed E-state index contributed by atoms with van der Waals surface area (Å²) >= 11 is 0. The van der Waals surface area contributed by atoms with Crippen LogP contribution in [-0.2, 0) is 9.84 Å². The number of carbonyl (C=O) groups excluding carboxylic acids is 1. The molecule has 7 nitrogen and oxygen atoms in total. The maximum Gasteiger partial charge on any atom is 0.321 e. The Morgan fingerprint density at radius 1 is 1.07 bits per heavy atom. The Morgan fingerprint density at radius 2 is 1.85 bits per heavy atom. The topological polar surface area (TPSA) is 91.4 Å². The fourth-order valence-corrected chi connectivity index (χ4v) is 5.59. The van der Waals surface area contributed by atoms with Gasteiger partial charge in [0, 0.05) is 36.8 Å². The van der Waals surface area contributed by atoms with E-state index in [2.05, 4.69) is 15.6 Å². The quantitative estimate of drug-likeness (QED) is 0.839. The molecule has 0 saturated carbocycles. The number of nitrogens with one attached hydrogen (secondary N) is 2. The molecule has 2 N–H and O–H groups in total. The number of pyridine rings is 1. The number of hydrogen-bond acceptors (Lipinski definition) is 5. The molecule has 4 rings (SSSR count). The van der Waals surface area contributed by atoms with E-state index in [1.54, 1.807) is 6.20 Å². The van der Waals surface area contributed by atoms with Crippen molar-refractivity contribution in [2.24, 2.45) is 0 Å². The van der Waals surface area contributed by atoms with Gasteiger partial charge in [-0.05, 0) is 31.4 Å². The van der Waals surface area contributed by atoms with E-state index in [1.165, 1.54) is 0 Å². The normalized spacial score (nSPS) is 22.8. The number of fused-ring (bicyclic) bond motifs is 1. The molecule has 1 atom stereocenters. The van der Waals surface area contributed by atoms with Crippen LogP contribution in [0.5, 0.6) is 0 Å². The van der Waals surface area contributed by atoms with Crippen LogP contribution in [0.3, 0.4) is 0 Å². The van der Waals surface area contributed by atoms with Crippen LogP contribution in [0.1, 0.15) is 19.3 Å². The lowest BCUT2D eigenvalue weighted by Gasteiger charge is -2.33. The molecule has 2 fully saturated rings. The standard InChI is InChI=1S/C19H24N4O3S/c24-19(22-17-5-1-3-14-4-2-9-20-18(14)17)23-10-6-15(7-11-23)21-16-8-12-27(25,26)13-16/h1-5,9,15-16,21H,6-8,10-13H2,(H,22,24)/t16-/m0/s1. The van der Waals surface area contributed by atoms with Crippen molar-refractivity contribution in [3.05, 3.63) is 36.5 Å². The molecule has 0 spiro atoms. The Bertz CT molecular complexity index is 934. The van der Waals surface area contributed by atoms with Crippen LogP contribution in [0.4, 0.5) is 10.5 Å². The number of rotatable bonds is 3. The van der Waals surface area contributed by atoms with Crippen molar-refractivity contribution in [2.45, 2.75) is 31.3 Å². The number of carbonyl (C=O) groups is 1. The van der Waals surface area contributed by atoms with E-state index in [-0.39, 0.29) is 29.6 Å². The molecule has 0 bridgehead atoms. The van der Waals surface area contributed by atoms with E-state index in [1.807, 2.05) is 35.2 Å². The number of para-hydroxylation sites is 1. The van der Waals surface area contributed by atoms with Crippen molar-refractivity contribution in [3.8, 4) is 0 Å². The Balaban J connectivity index is 1.32. The first-order valence-corrected chi connectivity index (χ1v) is 11.2. The number of anilines is 1. The summed E-state index contributed by atoms with van der Waals surface area (Å²) in [6, 6.07) is 9.80. The lowest BCUT2D eigenvalue weighted by atomic mass is 10.0. The van der Waals surface area contributed by atoms with E-state index >= 15 is 0 Å². The summed E-state index contributed by atoms with van der Waals surface area (Å²) < 4.78 is 23.2. The summed E-state index contributed by atoms with van der Waals surface area (Å²) in [6.07, 6.45) is 4.07. The van der Waals surface area contributed by atoms with Crippen molar-refractivity contribution in [2.75, 3.05) is 29.9 Å². The highest BCUT2D eigenvalue weighted by atomic mass is 32.2. The second-order valence-electron chi connectivity index (χ2n) is 7.34. The highest BCUT2D eigenvalue weighted by Crippen LogP contribution is 2.22. The van der Waals surface area contributed by atoms with Gasteiger partial charge in [-0.2, -0.15) is 0 Å². The molecule has 1 aromatic carbocycles. The minimum Gasteiger partial charge on any atom is -0.324 e. The van der Waals surface area contributed by atoms with Crippen LogP contribution in [0, 0.1) is 0 Å². The Labute approximate surface area is 159 Å². The monoisotopic (exact) mass is 388 g/mol. The second kappa shape index (κ2) is 7.44. The molecule has 2 aliphatic rings. The number of urea groups is 1. The van der Waals surface area contributed by atoms with Crippen LogP contribution in [-0.4, -0.2) is 61.0 Å². The summed E-state index contributed by atoms with van der Waals surface area (Å²) in [5, 5.41) is 7.43. The number of amides is 2. The Hall–Kier alpha value is -2.19. The van der Waals surface area contributed by atoms with Crippen LogP contribution in [0.15, 0.2) is 36.5 Å². The number of nitrogens with zero attached hydrogens (tertiary/aromatic N) is 2. The van der Waals surface area contributed by atoms with Gasteiger partial charge in [0.15, 0.2) is 9.84 Å². The SMILES string of the molecule is O=C(Nc1cccc2cccnc12)N1CCC(N[C@H]2CCS(=O)(=O)C2)CC1. The first kappa shape index (κ1) is 18.2. The second-order valence-corrected chi connectivity index (χ2v) is 9.57. The highest BCUT2D eigenvalue weighted by Gasteiger charge is 2.31. The molecule has 2 saturated heterocycles. The molecule has 0 radical (unpaired) electrons. The lowest BCUT2D eigenvalue weighted by molar-refractivity contribution is 0.187. The average molecular weight is 388 g/mol. The molecule has 0 unspecified atom stereocenters.